The van der Waals surface area contributed by atoms with Gasteiger partial charge in [-0.05, 0) is 62.6 Å². The Balaban J connectivity index is 1.28. The maximum Gasteiger partial charge on any atom is 0.258 e. The molecule has 1 aliphatic rings. The zero-order chi connectivity index (χ0) is 24.6. The molecule has 1 aliphatic heterocycles. The van der Waals surface area contributed by atoms with E-state index in [2.05, 4.69) is 26.6 Å². The second kappa shape index (κ2) is 9.09. The van der Waals surface area contributed by atoms with Gasteiger partial charge < -0.3 is 14.0 Å². The van der Waals surface area contributed by atoms with Crippen molar-refractivity contribution in [1.82, 2.24) is 24.6 Å². The van der Waals surface area contributed by atoms with E-state index in [1.165, 1.54) is 12.1 Å². The first-order chi connectivity index (χ1) is 16.8. The average Bonchev–Trinajstić information content (AvgIpc) is 3.48. The molecule has 0 bridgehead atoms. The molecule has 0 unspecified atom stereocenters. The molecule has 8 heteroatoms. The fourth-order valence-electron chi connectivity index (χ4n) is 4.71. The Morgan fingerprint density at radius 2 is 1.77 bits per heavy atom. The van der Waals surface area contributed by atoms with Crippen molar-refractivity contribution in [3.05, 3.63) is 89.0 Å². The summed E-state index contributed by atoms with van der Waals surface area (Å²) in [5.41, 5.74) is 4.22. The summed E-state index contributed by atoms with van der Waals surface area (Å²) in [4.78, 5) is 24.0. The third kappa shape index (κ3) is 4.48. The Morgan fingerprint density at radius 1 is 1.09 bits per heavy atom. The zero-order valence-electron chi connectivity index (χ0n) is 20.2. The van der Waals surface area contributed by atoms with Gasteiger partial charge in [0.25, 0.3) is 11.8 Å². The van der Waals surface area contributed by atoms with E-state index in [1.54, 1.807) is 24.5 Å². The predicted molar refractivity (Wildman–Crippen MR) is 129 cm³/mol. The number of amides is 1. The minimum absolute atomic E-state index is 0.0380. The molecule has 1 amide bonds. The molecule has 1 saturated heterocycles. The number of aryl methyl sites for hydroxylation is 1. The van der Waals surface area contributed by atoms with Crippen LogP contribution in [0.25, 0.3) is 11.5 Å². The van der Waals surface area contributed by atoms with Crippen LogP contribution < -0.4 is 0 Å². The monoisotopic (exact) mass is 473 g/mol. The molecule has 0 atom stereocenters. The number of carbonyl (C=O) groups is 1. The van der Waals surface area contributed by atoms with Crippen molar-refractivity contribution in [3.8, 4) is 11.5 Å². The molecule has 0 spiro atoms. The Hall–Kier alpha value is -3.81. The van der Waals surface area contributed by atoms with E-state index in [0.717, 1.165) is 35.4 Å². The fourth-order valence-corrected chi connectivity index (χ4v) is 4.71. The molecular weight excluding hydrogens is 445 g/mol. The minimum Gasteiger partial charge on any atom is -0.344 e. The van der Waals surface area contributed by atoms with Gasteiger partial charge in [-0.3, -0.25) is 9.78 Å². The molecular formula is C27H28FN5O2. The molecule has 0 saturated carbocycles. The normalized spacial score (nSPS) is 15.4. The SMILES string of the molecule is Cc1cc(C(=O)N2CCC(C)(c3noc(-c4ccncc4)n3)CC2)c(C)n1Cc1ccc(F)cc1. The van der Waals surface area contributed by atoms with Crippen molar-refractivity contribution in [2.45, 2.75) is 45.6 Å². The highest BCUT2D eigenvalue weighted by atomic mass is 19.1. The highest BCUT2D eigenvalue weighted by molar-refractivity contribution is 5.95. The molecule has 7 nitrogen and oxygen atoms in total. The quantitative estimate of drug-likeness (QED) is 0.411. The standard InChI is InChI=1S/C27H28FN5O2/c1-18-16-23(19(2)33(18)17-20-4-6-22(28)7-5-20)25(34)32-14-10-27(3,11-15-32)26-30-24(35-31-26)21-8-12-29-13-9-21/h4-9,12-13,16H,10-11,14-15,17H2,1-3H3. The van der Waals surface area contributed by atoms with E-state index in [1.807, 2.05) is 36.9 Å². The smallest absolute Gasteiger partial charge is 0.258 e. The summed E-state index contributed by atoms with van der Waals surface area (Å²) in [6, 6.07) is 12.1. The molecule has 3 aromatic heterocycles. The van der Waals surface area contributed by atoms with Gasteiger partial charge in [0, 0.05) is 54.4 Å². The van der Waals surface area contributed by atoms with Gasteiger partial charge in [-0.15, -0.1) is 0 Å². The predicted octanol–water partition coefficient (Wildman–Crippen LogP) is 4.93. The van der Waals surface area contributed by atoms with Crippen LogP contribution in [0, 0.1) is 19.7 Å². The third-order valence-corrected chi connectivity index (χ3v) is 7.11. The van der Waals surface area contributed by atoms with Gasteiger partial charge in [-0.25, -0.2) is 4.39 Å². The second-order valence-corrected chi connectivity index (χ2v) is 9.51. The highest BCUT2D eigenvalue weighted by Gasteiger charge is 2.38. The molecule has 0 aliphatic carbocycles. The Morgan fingerprint density at radius 3 is 2.46 bits per heavy atom. The third-order valence-electron chi connectivity index (χ3n) is 7.11. The zero-order valence-corrected chi connectivity index (χ0v) is 20.2. The van der Waals surface area contributed by atoms with Crippen LogP contribution in [0.15, 0.2) is 59.4 Å². The molecule has 180 valence electrons. The lowest BCUT2D eigenvalue weighted by Crippen LogP contribution is -2.44. The first kappa shape index (κ1) is 23.0. The number of hydrogen-bond acceptors (Lipinski definition) is 5. The maximum atomic E-state index is 13.4. The van der Waals surface area contributed by atoms with E-state index in [0.29, 0.717) is 36.9 Å². The number of aromatic nitrogens is 4. The summed E-state index contributed by atoms with van der Waals surface area (Å²) in [5.74, 6) is 0.942. The molecule has 4 aromatic rings. The van der Waals surface area contributed by atoms with Crippen LogP contribution in [0.2, 0.25) is 0 Å². The van der Waals surface area contributed by atoms with E-state index in [9.17, 15) is 9.18 Å². The number of likely N-dealkylation sites (tertiary alicyclic amines) is 1. The van der Waals surface area contributed by atoms with Gasteiger partial charge in [0.05, 0.1) is 5.56 Å². The van der Waals surface area contributed by atoms with Gasteiger partial charge in [0.2, 0.25) is 0 Å². The first-order valence-corrected chi connectivity index (χ1v) is 11.8. The van der Waals surface area contributed by atoms with Crippen molar-refractivity contribution >= 4 is 5.91 Å². The molecule has 1 fully saturated rings. The first-order valence-electron chi connectivity index (χ1n) is 11.8. The average molecular weight is 474 g/mol. The lowest BCUT2D eigenvalue weighted by molar-refractivity contribution is 0.0669. The number of halogens is 1. The number of pyridine rings is 1. The van der Waals surface area contributed by atoms with Crippen molar-refractivity contribution in [1.29, 1.82) is 0 Å². The number of hydrogen-bond donors (Lipinski definition) is 0. The van der Waals surface area contributed by atoms with Crippen LogP contribution in [0.4, 0.5) is 4.39 Å². The van der Waals surface area contributed by atoms with E-state index >= 15 is 0 Å². The van der Waals surface area contributed by atoms with E-state index in [4.69, 9.17) is 4.52 Å². The lowest BCUT2D eigenvalue weighted by atomic mass is 9.79. The molecule has 1 aromatic carbocycles. The second-order valence-electron chi connectivity index (χ2n) is 9.51. The van der Waals surface area contributed by atoms with Crippen LogP contribution in [-0.4, -0.2) is 43.6 Å². The summed E-state index contributed by atoms with van der Waals surface area (Å²) in [6.07, 6.45) is 4.90. The van der Waals surface area contributed by atoms with Crippen LogP contribution in [0.3, 0.4) is 0 Å². The van der Waals surface area contributed by atoms with Crippen LogP contribution in [-0.2, 0) is 12.0 Å². The lowest BCUT2D eigenvalue weighted by Gasteiger charge is -2.37. The van der Waals surface area contributed by atoms with Gasteiger partial charge in [0.15, 0.2) is 5.82 Å². The Bertz CT molecular complexity index is 1340. The number of nitrogens with zero attached hydrogens (tertiary/aromatic N) is 5. The molecule has 0 radical (unpaired) electrons. The number of rotatable bonds is 5. The van der Waals surface area contributed by atoms with Crippen LogP contribution >= 0.6 is 0 Å². The minimum atomic E-state index is -0.259. The fraction of sp³-hybridized carbons (Fsp3) is 0.333. The summed E-state index contributed by atoms with van der Waals surface area (Å²) < 4.78 is 20.9. The molecule has 0 N–H and O–H groups in total. The van der Waals surface area contributed by atoms with Crippen molar-refractivity contribution < 1.29 is 13.7 Å². The summed E-state index contributed by atoms with van der Waals surface area (Å²) >= 11 is 0. The largest absolute Gasteiger partial charge is 0.344 e. The van der Waals surface area contributed by atoms with Crippen molar-refractivity contribution in [3.63, 3.8) is 0 Å². The van der Waals surface area contributed by atoms with Gasteiger partial charge in [-0.1, -0.05) is 24.2 Å². The summed E-state index contributed by atoms with van der Waals surface area (Å²) in [6.45, 7) is 7.94. The van der Waals surface area contributed by atoms with Crippen molar-refractivity contribution in [2.75, 3.05) is 13.1 Å². The Labute approximate surface area is 203 Å². The number of benzene rings is 1. The molecule has 35 heavy (non-hydrogen) atoms. The topological polar surface area (TPSA) is 77.1 Å². The van der Waals surface area contributed by atoms with Gasteiger partial charge in [0.1, 0.15) is 5.82 Å². The van der Waals surface area contributed by atoms with E-state index in [-0.39, 0.29) is 17.1 Å². The van der Waals surface area contributed by atoms with Crippen LogP contribution in [0.5, 0.6) is 0 Å². The molecule has 4 heterocycles. The van der Waals surface area contributed by atoms with Crippen LogP contribution in [0.1, 0.15) is 52.9 Å². The van der Waals surface area contributed by atoms with E-state index < -0.39 is 0 Å². The highest BCUT2D eigenvalue weighted by Crippen LogP contribution is 2.35. The van der Waals surface area contributed by atoms with Gasteiger partial charge >= 0.3 is 0 Å². The summed E-state index contributed by atoms with van der Waals surface area (Å²) in [7, 11) is 0. The Kier molecular flexibility index (Phi) is 5.96. The maximum absolute atomic E-state index is 13.4. The van der Waals surface area contributed by atoms with Crippen molar-refractivity contribution in [2.24, 2.45) is 0 Å². The number of carbonyl (C=O) groups excluding carboxylic acids is 1. The number of piperidine rings is 1. The summed E-state index contributed by atoms with van der Waals surface area (Å²) in [5, 5.41) is 4.25. The molecule has 5 rings (SSSR count). The van der Waals surface area contributed by atoms with Gasteiger partial charge in [-0.2, -0.15) is 4.98 Å².